The fourth-order valence-corrected chi connectivity index (χ4v) is 1.20. The number of halogens is 5. The molecule has 7 heteroatoms. The molecule has 0 unspecified atom stereocenters. The van der Waals surface area contributed by atoms with Gasteiger partial charge in [-0.1, -0.05) is 0 Å². The van der Waals surface area contributed by atoms with Gasteiger partial charge in [0.25, 0.3) is 6.43 Å². The van der Waals surface area contributed by atoms with Crippen molar-refractivity contribution in [1.29, 1.82) is 0 Å². The van der Waals surface area contributed by atoms with Crippen LogP contribution in [-0.4, -0.2) is 4.98 Å². The van der Waals surface area contributed by atoms with Crippen LogP contribution in [0.5, 0.6) is 0 Å². The van der Waals surface area contributed by atoms with E-state index < -0.39 is 23.3 Å². The molecule has 1 heterocycles. The Balaban J connectivity index is 2.92. The number of rotatable bonds is 1. The molecule has 68 valence electrons. The van der Waals surface area contributed by atoms with Crippen LogP contribution in [0.15, 0.2) is 5.38 Å². The molecule has 1 nitrogen and oxygen atoms in total. The summed E-state index contributed by atoms with van der Waals surface area (Å²) < 4.78 is 58.8. The fourth-order valence-electron chi connectivity index (χ4n) is 0.517. The molecule has 1 aromatic heterocycles. The van der Waals surface area contributed by atoms with Gasteiger partial charge >= 0.3 is 6.18 Å². The average molecular weight is 203 g/mol. The van der Waals surface area contributed by atoms with Gasteiger partial charge in [0.05, 0.1) is 0 Å². The largest absolute Gasteiger partial charge is 0.443 e. The van der Waals surface area contributed by atoms with E-state index in [0.29, 0.717) is 5.38 Å². The Morgan fingerprint density at radius 2 is 1.92 bits per heavy atom. The molecule has 0 atom stereocenters. The Hall–Kier alpha value is -0.720. The second-order valence-electron chi connectivity index (χ2n) is 1.88. The highest BCUT2D eigenvalue weighted by molar-refractivity contribution is 7.09. The zero-order chi connectivity index (χ0) is 9.35. The Kier molecular flexibility index (Phi) is 2.31. The first-order valence-corrected chi connectivity index (χ1v) is 3.60. The number of aromatic nitrogens is 1. The molecular weight excluding hydrogens is 201 g/mol. The second-order valence-corrected chi connectivity index (χ2v) is 2.73. The maximum absolute atomic E-state index is 11.8. The van der Waals surface area contributed by atoms with E-state index in [4.69, 9.17) is 0 Å². The van der Waals surface area contributed by atoms with Crippen LogP contribution in [0.2, 0.25) is 0 Å². The van der Waals surface area contributed by atoms with E-state index >= 15 is 0 Å². The quantitative estimate of drug-likeness (QED) is 0.639. The Morgan fingerprint density at radius 1 is 1.33 bits per heavy atom. The first kappa shape index (κ1) is 9.37. The van der Waals surface area contributed by atoms with Gasteiger partial charge in [-0.05, 0) is 0 Å². The highest BCUT2D eigenvalue weighted by atomic mass is 32.1. The number of hydrogen-bond acceptors (Lipinski definition) is 2. The summed E-state index contributed by atoms with van der Waals surface area (Å²) in [6.45, 7) is 0. The van der Waals surface area contributed by atoms with E-state index in [0.717, 1.165) is 0 Å². The molecule has 0 bridgehead atoms. The Labute approximate surface area is 67.8 Å². The van der Waals surface area contributed by atoms with Crippen LogP contribution in [0, 0.1) is 0 Å². The molecule has 0 spiro atoms. The van der Waals surface area contributed by atoms with Crippen LogP contribution in [0.3, 0.4) is 0 Å². The number of thiazole rings is 1. The summed E-state index contributed by atoms with van der Waals surface area (Å²) in [4.78, 5) is 2.72. The minimum atomic E-state index is -4.63. The molecule has 0 radical (unpaired) electrons. The Morgan fingerprint density at radius 3 is 2.17 bits per heavy atom. The fraction of sp³-hybridized carbons (Fsp3) is 0.400. The van der Waals surface area contributed by atoms with Gasteiger partial charge in [0.1, 0.15) is 5.69 Å². The average Bonchev–Trinajstić information content (AvgIpc) is 2.30. The van der Waals surface area contributed by atoms with Crippen molar-refractivity contribution < 1.29 is 22.0 Å². The van der Waals surface area contributed by atoms with Crippen LogP contribution in [0.1, 0.15) is 17.1 Å². The molecule has 12 heavy (non-hydrogen) atoms. The summed E-state index contributed by atoms with van der Waals surface area (Å²) in [5.41, 5.74) is -0.827. The van der Waals surface area contributed by atoms with Gasteiger partial charge in [0.2, 0.25) is 0 Å². The third kappa shape index (κ3) is 1.90. The van der Waals surface area contributed by atoms with Gasteiger partial charge in [-0.3, -0.25) is 0 Å². The molecule has 0 saturated carbocycles. The predicted octanol–water partition coefficient (Wildman–Crippen LogP) is 3.10. The highest BCUT2D eigenvalue weighted by Gasteiger charge is 2.35. The monoisotopic (exact) mass is 203 g/mol. The zero-order valence-electron chi connectivity index (χ0n) is 5.40. The molecule has 0 amide bonds. The summed E-state index contributed by atoms with van der Waals surface area (Å²) in [6, 6.07) is 0. The molecule has 0 saturated heterocycles. The smallest absolute Gasteiger partial charge is 0.231 e. The Bertz CT molecular complexity index is 265. The summed E-state index contributed by atoms with van der Waals surface area (Å²) in [7, 11) is 0. The summed E-state index contributed by atoms with van der Waals surface area (Å²) >= 11 is 0.169. The third-order valence-electron chi connectivity index (χ3n) is 0.988. The first-order valence-electron chi connectivity index (χ1n) is 2.72. The van der Waals surface area contributed by atoms with Gasteiger partial charge in [0, 0.05) is 5.38 Å². The van der Waals surface area contributed by atoms with E-state index in [9.17, 15) is 22.0 Å². The molecular formula is C5H2F5NS. The predicted molar refractivity (Wildman–Crippen MR) is 32.1 cm³/mol. The van der Waals surface area contributed by atoms with Crippen LogP contribution < -0.4 is 0 Å². The van der Waals surface area contributed by atoms with E-state index in [1.807, 2.05) is 0 Å². The number of hydrogen-bond donors (Lipinski definition) is 0. The van der Waals surface area contributed by atoms with Gasteiger partial charge in [-0.25, -0.2) is 13.8 Å². The minimum Gasteiger partial charge on any atom is -0.231 e. The van der Waals surface area contributed by atoms with Gasteiger partial charge < -0.3 is 0 Å². The van der Waals surface area contributed by atoms with Gasteiger partial charge in [-0.15, -0.1) is 11.3 Å². The van der Waals surface area contributed by atoms with E-state index in [-0.39, 0.29) is 11.3 Å². The molecule has 0 aliphatic heterocycles. The van der Waals surface area contributed by atoms with Crippen molar-refractivity contribution in [3.05, 3.63) is 16.1 Å². The van der Waals surface area contributed by atoms with Crippen LogP contribution >= 0.6 is 11.3 Å². The lowest BCUT2D eigenvalue weighted by Gasteiger charge is -1.98. The maximum atomic E-state index is 11.8. The minimum absolute atomic E-state index is 0.169. The van der Waals surface area contributed by atoms with E-state index in [1.54, 1.807) is 0 Å². The number of alkyl halides is 5. The van der Waals surface area contributed by atoms with E-state index in [1.165, 1.54) is 0 Å². The van der Waals surface area contributed by atoms with Crippen molar-refractivity contribution in [2.24, 2.45) is 0 Å². The molecule has 0 fully saturated rings. The van der Waals surface area contributed by atoms with Gasteiger partial charge in [0.15, 0.2) is 5.01 Å². The van der Waals surface area contributed by atoms with Crippen molar-refractivity contribution in [3.63, 3.8) is 0 Å². The van der Waals surface area contributed by atoms with Crippen molar-refractivity contribution in [3.8, 4) is 0 Å². The van der Waals surface area contributed by atoms with Crippen molar-refractivity contribution in [2.75, 3.05) is 0 Å². The number of nitrogens with zero attached hydrogens (tertiary/aromatic N) is 1. The zero-order valence-corrected chi connectivity index (χ0v) is 6.22. The lowest BCUT2D eigenvalue weighted by atomic mass is 10.5. The molecule has 1 rings (SSSR count). The first-order chi connectivity index (χ1) is 5.41. The lowest BCUT2D eigenvalue weighted by Crippen LogP contribution is -2.04. The van der Waals surface area contributed by atoms with Gasteiger partial charge in [-0.2, -0.15) is 13.2 Å². The standard InChI is InChI=1S/C5H2F5NS/c6-3(7)2-1-12-4(11-2)5(8,9)10/h1,3H. The highest BCUT2D eigenvalue weighted by Crippen LogP contribution is 2.33. The van der Waals surface area contributed by atoms with Crippen molar-refractivity contribution >= 4 is 11.3 Å². The topological polar surface area (TPSA) is 12.9 Å². The summed E-state index contributed by atoms with van der Waals surface area (Å²) in [6.07, 6.45) is -7.57. The van der Waals surface area contributed by atoms with E-state index in [2.05, 4.69) is 4.98 Å². The molecule has 0 aromatic carbocycles. The normalized spacial score (nSPS) is 12.5. The summed E-state index contributed by atoms with van der Waals surface area (Å²) in [5, 5.41) is -0.536. The third-order valence-corrected chi connectivity index (χ3v) is 1.89. The van der Waals surface area contributed by atoms with Crippen LogP contribution in [-0.2, 0) is 6.18 Å². The maximum Gasteiger partial charge on any atom is 0.443 e. The summed E-state index contributed by atoms with van der Waals surface area (Å²) in [5.74, 6) is 0. The van der Waals surface area contributed by atoms with Crippen molar-refractivity contribution in [1.82, 2.24) is 4.98 Å². The lowest BCUT2D eigenvalue weighted by molar-refractivity contribution is -0.137. The molecule has 0 N–H and O–H groups in total. The molecule has 0 aliphatic rings. The molecule has 0 aliphatic carbocycles. The van der Waals surface area contributed by atoms with Crippen LogP contribution in [0.4, 0.5) is 22.0 Å². The molecule has 1 aromatic rings. The second kappa shape index (κ2) is 2.96. The van der Waals surface area contributed by atoms with Crippen molar-refractivity contribution in [2.45, 2.75) is 12.6 Å². The van der Waals surface area contributed by atoms with Crippen LogP contribution in [0.25, 0.3) is 0 Å². The SMILES string of the molecule is FC(F)c1csc(C(F)(F)F)n1.